The Morgan fingerprint density at radius 2 is 2.20 bits per heavy atom. The number of hydrogen-bond donors (Lipinski definition) is 1. The van der Waals surface area contributed by atoms with E-state index in [1.165, 1.54) is 12.1 Å². The summed E-state index contributed by atoms with van der Waals surface area (Å²) >= 11 is 0. The average Bonchev–Trinajstić information content (AvgIpc) is 2.23. The molecule has 0 aliphatic heterocycles. The molecule has 0 fully saturated rings. The van der Waals surface area contributed by atoms with Gasteiger partial charge in [-0.05, 0) is 18.2 Å². The van der Waals surface area contributed by atoms with Gasteiger partial charge in [0.1, 0.15) is 5.82 Å². The highest BCUT2D eigenvalue weighted by molar-refractivity contribution is 5.79. The van der Waals surface area contributed by atoms with E-state index < -0.39 is 5.82 Å². The molecule has 0 bridgehead atoms. The van der Waals surface area contributed by atoms with E-state index in [1.807, 2.05) is 0 Å². The minimum atomic E-state index is -0.449. The molecule has 78 valence electrons. The number of aliphatic hydroxyl groups excluding tert-OH is 1. The van der Waals surface area contributed by atoms with Crippen molar-refractivity contribution in [2.45, 2.75) is 6.61 Å². The van der Waals surface area contributed by atoms with Crippen LogP contribution in [0.1, 0.15) is 5.56 Å². The largest absolute Gasteiger partial charge is 0.391 e. The second-order valence-electron chi connectivity index (χ2n) is 3.41. The highest BCUT2D eigenvalue weighted by Gasteiger charge is 2.07. The second kappa shape index (κ2) is 3.47. The third-order valence-electron chi connectivity index (χ3n) is 2.39. The number of rotatable bonds is 1. The third-order valence-corrected chi connectivity index (χ3v) is 2.39. The first-order chi connectivity index (χ1) is 7.13. The zero-order chi connectivity index (χ0) is 11.0. The molecule has 0 amide bonds. The maximum Gasteiger partial charge on any atom is 0.194 e. The van der Waals surface area contributed by atoms with Gasteiger partial charge in [-0.3, -0.25) is 4.79 Å². The van der Waals surface area contributed by atoms with Gasteiger partial charge in [-0.25, -0.2) is 4.39 Å². The molecule has 1 N–H and O–H groups in total. The van der Waals surface area contributed by atoms with Crippen LogP contribution in [0.15, 0.2) is 29.2 Å². The Bertz CT molecular complexity index is 575. The zero-order valence-electron chi connectivity index (χ0n) is 8.20. The zero-order valence-corrected chi connectivity index (χ0v) is 8.20. The van der Waals surface area contributed by atoms with Gasteiger partial charge in [0.25, 0.3) is 0 Å². The molecular formula is C11H10FNO2. The smallest absolute Gasteiger partial charge is 0.194 e. The van der Waals surface area contributed by atoms with Gasteiger partial charge in [0.15, 0.2) is 5.43 Å². The van der Waals surface area contributed by atoms with E-state index >= 15 is 0 Å². The van der Waals surface area contributed by atoms with Crippen molar-refractivity contribution >= 4 is 10.9 Å². The lowest BCUT2D eigenvalue weighted by molar-refractivity contribution is 0.280. The van der Waals surface area contributed by atoms with Crippen LogP contribution in [0.25, 0.3) is 10.9 Å². The third kappa shape index (κ3) is 1.53. The van der Waals surface area contributed by atoms with Crippen LogP contribution in [0.5, 0.6) is 0 Å². The molecule has 0 aliphatic rings. The Hall–Kier alpha value is -1.68. The number of aliphatic hydroxyl groups is 1. The van der Waals surface area contributed by atoms with Crippen LogP contribution in [0.2, 0.25) is 0 Å². The summed E-state index contributed by atoms with van der Waals surface area (Å²) < 4.78 is 14.7. The van der Waals surface area contributed by atoms with E-state index in [1.54, 1.807) is 23.9 Å². The lowest BCUT2D eigenvalue weighted by atomic mass is 10.1. The van der Waals surface area contributed by atoms with Gasteiger partial charge in [-0.15, -0.1) is 0 Å². The van der Waals surface area contributed by atoms with Crippen molar-refractivity contribution in [2.75, 3.05) is 0 Å². The molecule has 3 nitrogen and oxygen atoms in total. The van der Waals surface area contributed by atoms with Crippen LogP contribution in [-0.4, -0.2) is 9.67 Å². The van der Waals surface area contributed by atoms with E-state index in [-0.39, 0.29) is 17.6 Å². The number of nitrogens with zero attached hydrogens (tertiary/aromatic N) is 1. The number of halogens is 1. The van der Waals surface area contributed by atoms with Crippen molar-refractivity contribution < 1.29 is 9.50 Å². The quantitative estimate of drug-likeness (QED) is 0.762. The molecule has 0 spiro atoms. The monoisotopic (exact) mass is 207 g/mol. The highest BCUT2D eigenvalue weighted by atomic mass is 19.1. The normalized spacial score (nSPS) is 10.9. The number of fused-ring (bicyclic) bond motifs is 1. The van der Waals surface area contributed by atoms with Crippen molar-refractivity contribution in [3.8, 4) is 0 Å². The first kappa shape index (κ1) is 9.86. The standard InChI is InChI=1S/C11H10FNO2/c1-13-5-7(6-14)11(15)9-4-8(12)2-3-10(9)13/h2-5,14H,6H2,1H3. The number of aromatic nitrogens is 1. The Labute approximate surface area is 85.4 Å². The minimum Gasteiger partial charge on any atom is -0.391 e. The molecule has 1 aromatic carbocycles. The summed E-state index contributed by atoms with van der Waals surface area (Å²) in [6.07, 6.45) is 1.56. The Kier molecular flexibility index (Phi) is 2.28. The summed E-state index contributed by atoms with van der Waals surface area (Å²) in [6.45, 7) is -0.334. The lowest BCUT2D eigenvalue weighted by Crippen LogP contribution is -2.13. The van der Waals surface area contributed by atoms with Crippen LogP contribution in [0.3, 0.4) is 0 Å². The molecule has 0 aliphatic carbocycles. The van der Waals surface area contributed by atoms with Crippen LogP contribution in [0, 0.1) is 5.82 Å². The van der Waals surface area contributed by atoms with E-state index in [4.69, 9.17) is 5.11 Å². The van der Waals surface area contributed by atoms with Crippen LogP contribution < -0.4 is 5.43 Å². The molecule has 2 aromatic rings. The summed E-state index contributed by atoms with van der Waals surface area (Å²) in [5.41, 5.74) is 0.610. The molecule has 2 rings (SSSR count). The lowest BCUT2D eigenvalue weighted by Gasteiger charge is -2.07. The maximum absolute atomic E-state index is 13.0. The summed E-state index contributed by atoms with van der Waals surface area (Å²) in [6, 6.07) is 4.05. The molecule has 0 saturated heterocycles. The summed E-state index contributed by atoms with van der Waals surface area (Å²) in [5, 5.41) is 9.26. The van der Waals surface area contributed by atoms with Gasteiger partial charge in [-0.2, -0.15) is 0 Å². The topological polar surface area (TPSA) is 42.2 Å². The predicted molar refractivity (Wildman–Crippen MR) is 55.1 cm³/mol. The first-order valence-electron chi connectivity index (χ1n) is 4.52. The highest BCUT2D eigenvalue weighted by Crippen LogP contribution is 2.12. The van der Waals surface area contributed by atoms with Gasteiger partial charge >= 0.3 is 0 Å². The number of hydrogen-bond acceptors (Lipinski definition) is 2. The number of benzene rings is 1. The summed E-state index contributed by atoms with van der Waals surface area (Å²) in [7, 11) is 1.75. The van der Waals surface area contributed by atoms with E-state index in [2.05, 4.69) is 0 Å². The molecule has 15 heavy (non-hydrogen) atoms. The fourth-order valence-corrected chi connectivity index (χ4v) is 1.65. The molecule has 4 heteroatoms. The number of pyridine rings is 1. The molecule has 0 saturated carbocycles. The van der Waals surface area contributed by atoms with Crippen molar-refractivity contribution in [3.05, 3.63) is 46.0 Å². The van der Waals surface area contributed by atoms with Gasteiger partial charge < -0.3 is 9.67 Å². The van der Waals surface area contributed by atoms with Crippen LogP contribution in [0.4, 0.5) is 4.39 Å². The van der Waals surface area contributed by atoms with Crippen LogP contribution >= 0.6 is 0 Å². The van der Waals surface area contributed by atoms with Gasteiger partial charge in [0.2, 0.25) is 0 Å². The molecule has 0 atom stereocenters. The summed E-state index contributed by atoms with van der Waals surface area (Å²) in [4.78, 5) is 11.7. The predicted octanol–water partition coefficient (Wildman–Crippen LogP) is 1.17. The fraction of sp³-hybridized carbons (Fsp3) is 0.182. The average molecular weight is 207 g/mol. The van der Waals surface area contributed by atoms with Crippen molar-refractivity contribution in [2.24, 2.45) is 7.05 Å². The molecular weight excluding hydrogens is 197 g/mol. The van der Waals surface area contributed by atoms with Crippen molar-refractivity contribution in [3.63, 3.8) is 0 Å². The fourth-order valence-electron chi connectivity index (χ4n) is 1.65. The van der Waals surface area contributed by atoms with E-state index in [0.717, 1.165) is 0 Å². The molecule has 0 unspecified atom stereocenters. The SMILES string of the molecule is Cn1cc(CO)c(=O)c2cc(F)ccc21. The van der Waals surface area contributed by atoms with Gasteiger partial charge in [0, 0.05) is 24.2 Å². The first-order valence-corrected chi connectivity index (χ1v) is 4.52. The minimum absolute atomic E-state index is 0.274. The Morgan fingerprint density at radius 1 is 1.47 bits per heavy atom. The molecule has 1 aromatic heterocycles. The molecule has 1 heterocycles. The van der Waals surface area contributed by atoms with Gasteiger partial charge in [-0.1, -0.05) is 0 Å². The van der Waals surface area contributed by atoms with Crippen LogP contribution in [-0.2, 0) is 13.7 Å². The second-order valence-corrected chi connectivity index (χ2v) is 3.41. The van der Waals surface area contributed by atoms with Gasteiger partial charge in [0.05, 0.1) is 12.1 Å². The van der Waals surface area contributed by atoms with Crippen molar-refractivity contribution in [1.29, 1.82) is 0 Å². The maximum atomic E-state index is 13.0. The van der Waals surface area contributed by atoms with E-state index in [0.29, 0.717) is 10.9 Å². The summed E-state index contributed by atoms with van der Waals surface area (Å²) in [5.74, 6) is -0.449. The van der Waals surface area contributed by atoms with E-state index in [9.17, 15) is 9.18 Å². The Morgan fingerprint density at radius 3 is 2.87 bits per heavy atom. The molecule has 0 radical (unpaired) electrons. The Balaban J connectivity index is 2.95. The number of aryl methyl sites for hydroxylation is 1. The van der Waals surface area contributed by atoms with Crippen molar-refractivity contribution in [1.82, 2.24) is 4.57 Å².